The molecule has 20 heavy (non-hydrogen) atoms. The van der Waals surface area contributed by atoms with Gasteiger partial charge in [0.25, 0.3) is 5.69 Å². The second-order valence-corrected chi connectivity index (χ2v) is 4.55. The molecule has 1 aromatic carbocycles. The fourth-order valence-electron chi connectivity index (χ4n) is 2.14. The number of hydrogen-bond acceptors (Lipinski definition) is 4. The summed E-state index contributed by atoms with van der Waals surface area (Å²) in [6.45, 7) is 1.32. The lowest BCUT2D eigenvalue weighted by atomic mass is 9.97. The van der Waals surface area contributed by atoms with E-state index in [0.29, 0.717) is 38.1 Å². The van der Waals surface area contributed by atoms with Crippen molar-refractivity contribution < 1.29 is 18.5 Å². The van der Waals surface area contributed by atoms with Gasteiger partial charge < -0.3 is 10.6 Å². The van der Waals surface area contributed by atoms with Gasteiger partial charge in [-0.2, -0.15) is 0 Å². The lowest BCUT2D eigenvalue weighted by Gasteiger charge is -2.21. The molecule has 2 rings (SSSR count). The number of nitrogens with zero attached hydrogens (tertiary/aromatic N) is 1. The summed E-state index contributed by atoms with van der Waals surface area (Å²) in [5.74, 6) is -3.03. The van der Waals surface area contributed by atoms with Crippen LogP contribution in [0.2, 0.25) is 0 Å². The van der Waals surface area contributed by atoms with Crippen molar-refractivity contribution in [2.24, 2.45) is 5.92 Å². The number of rotatable bonds is 3. The number of nitrogens with one attached hydrogen (secondary N) is 2. The monoisotopic (exact) mass is 285 g/mol. The second-order valence-electron chi connectivity index (χ2n) is 4.55. The van der Waals surface area contributed by atoms with E-state index in [4.69, 9.17) is 0 Å². The van der Waals surface area contributed by atoms with E-state index in [1.54, 1.807) is 0 Å². The van der Waals surface area contributed by atoms with Gasteiger partial charge in [-0.3, -0.25) is 14.9 Å². The maximum atomic E-state index is 13.6. The van der Waals surface area contributed by atoms with Crippen LogP contribution < -0.4 is 10.6 Å². The van der Waals surface area contributed by atoms with Crippen molar-refractivity contribution in [3.8, 4) is 0 Å². The SMILES string of the molecule is O=C(Nc1c(F)cc(F)cc1[N+](=O)[O-])C1CCNCC1. The minimum absolute atomic E-state index is 0.333. The number of piperidine rings is 1. The molecule has 0 spiro atoms. The molecule has 2 N–H and O–H groups in total. The van der Waals surface area contributed by atoms with Crippen LogP contribution in [0.1, 0.15) is 12.8 Å². The Kier molecular flexibility index (Phi) is 4.23. The van der Waals surface area contributed by atoms with Gasteiger partial charge in [-0.15, -0.1) is 0 Å². The third-order valence-electron chi connectivity index (χ3n) is 3.19. The smallest absolute Gasteiger partial charge is 0.298 e. The average Bonchev–Trinajstić information content (AvgIpc) is 2.42. The van der Waals surface area contributed by atoms with E-state index in [0.717, 1.165) is 0 Å². The topological polar surface area (TPSA) is 84.3 Å². The van der Waals surface area contributed by atoms with Crippen molar-refractivity contribution in [2.45, 2.75) is 12.8 Å². The Morgan fingerprint density at radius 3 is 2.60 bits per heavy atom. The Morgan fingerprint density at radius 2 is 2.00 bits per heavy atom. The van der Waals surface area contributed by atoms with Gasteiger partial charge in [0.15, 0.2) is 11.5 Å². The van der Waals surface area contributed by atoms with Crippen molar-refractivity contribution in [1.82, 2.24) is 5.32 Å². The zero-order valence-corrected chi connectivity index (χ0v) is 10.5. The molecule has 0 unspecified atom stereocenters. The van der Waals surface area contributed by atoms with E-state index in [1.807, 2.05) is 0 Å². The summed E-state index contributed by atoms with van der Waals surface area (Å²) in [4.78, 5) is 21.8. The van der Waals surface area contributed by atoms with Crippen LogP contribution in [-0.2, 0) is 4.79 Å². The predicted octanol–water partition coefficient (Wildman–Crippen LogP) is 1.81. The van der Waals surface area contributed by atoms with E-state index in [9.17, 15) is 23.7 Å². The number of nitro benzene ring substituents is 1. The quantitative estimate of drug-likeness (QED) is 0.655. The number of benzene rings is 1. The van der Waals surface area contributed by atoms with Gasteiger partial charge in [0.2, 0.25) is 5.91 Å². The first-order valence-electron chi connectivity index (χ1n) is 6.14. The third-order valence-corrected chi connectivity index (χ3v) is 3.19. The van der Waals surface area contributed by atoms with Crippen LogP contribution in [0, 0.1) is 27.7 Å². The third kappa shape index (κ3) is 3.08. The molecule has 1 aliphatic rings. The maximum Gasteiger partial charge on any atom is 0.298 e. The molecule has 0 saturated carbocycles. The van der Waals surface area contributed by atoms with Crippen LogP contribution in [0.15, 0.2) is 12.1 Å². The molecule has 1 heterocycles. The molecule has 0 bridgehead atoms. The number of halogens is 2. The number of nitro groups is 1. The second kappa shape index (κ2) is 5.91. The fourth-order valence-corrected chi connectivity index (χ4v) is 2.14. The summed E-state index contributed by atoms with van der Waals surface area (Å²) in [5, 5.41) is 16.1. The first-order valence-corrected chi connectivity index (χ1v) is 6.14. The van der Waals surface area contributed by atoms with Crippen LogP contribution in [-0.4, -0.2) is 23.9 Å². The van der Waals surface area contributed by atoms with Crippen molar-refractivity contribution >= 4 is 17.3 Å². The summed E-state index contributed by atoms with van der Waals surface area (Å²) in [5.41, 5.74) is -1.37. The number of anilines is 1. The lowest BCUT2D eigenvalue weighted by Crippen LogP contribution is -2.34. The molecule has 1 aromatic rings. The molecule has 1 amide bonds. The first-order chi connectivity index (χ1) is 9.49. The van der Waals surface area contributed by atoms with E-state index in [1.165, 1.54) is 0 Å². The largest absolute Gasteiger partial charge is 0.318 e. The van der Waals surface area contributed by atoms with Gasteiger partial charge >= 0.3 is 0 Å². The normalized spacial score (nSPS) is 15.9. The van der Waals surface area contributed by atoms with E-state index < -0.39 is 33.8 Å². The Labute approximate surface area is 113 Å². The Morgan fingerprint density at radius 1 is 1.35 bits per heavy atom. The highest BCUT2D eigenvalue weighted by molar-refractivity contribution is 5.94. The van der Waals surface area contributed by atoms with E-state index in [2.05, 4.69) is 10.6 Å². The molecular formula is C12H13F2N3O3. The summed E-state index contributed by atoms with van der Waals surface area (Å²) in [7, 11) is 0. The highest BCUT2D eigenvalue weighted by atomic mass is 19.1. The maximum absolute atomic E-state index is 13.6. The highest BCUT2D eigenvalue weighted by Crippen LogP contribution is 2.29. The Hall–Kier alpha value is -2.09. The summed E-state index contributed by atoms with van der Waals surface area (Å²) < 4.78 is 26.6. The Bertz CT molecular complexity index is 545. The highest BCUT2D eigenvalue weighted by Gasteiger charge is 2.26. The molecule has 0 radical (unpaired) electrons. The first kappa shape index (κ1) is 14.3. The van der Waals surface area contributed by atoms with Crippen molar-refractivity contribution in [2.75, 3.05) is 18.4 Å². The van der Waals surface area contributed by atoms with E-state index >= 15 is 0 Å². The zero-order valence-electron chi connectivity index (χ0n) is 10.5. The van der Waals surface area contributed by atoms with E-state index in [-0.39, 0.29) is 5.92 Å². The molecule has 6 nitrogen and oxygen atoms in total. The lowest BCUT2D eigenvalue weighted by molar-refractivity contribution is -0.384. The number of carbonyl (C=O) groups is 1. The van der Waals surface area contributed by atoms with Crippen molar-refractivity contribution in [3.63, 3.8) is 0 Å². The summed E-state index contributed by atoms with van der Waals surface area (Å²) in [6.07, 6.45) is 1.14. The number of hydrogen-bond donors (Lipinski definition) is 2. The minimum atomic E-state index is -1.15. The van der Waals surface area contributed by atoms with Crippen LogP contribution >= 0.6 is 0 Å². The molecule has 1 saturated heterocycles. The van der Waals surface area contributed by atoms with Crippen LogP contribution in [0.4, 0.5) is 20.2 Å². The molecule has 0 aliphatic carbocycles. The van der Waals surface area contributed by atoms with Crippen molar-refractivity contribution in [3.05, 3.63) is 33.9 Å². The molecule has 1 aliphatic heterocycles. The predicted molar refractivity (Wildman–Crippen MR) is 67.2 cm³/mol. The standard InChI is InChI=1S/C12H13F2N3O3/c13-8-5-9(14)11(10(6-8)17(19)20)16-12(18)7-1-3-15-4-2-7/h5-7,15H,1-4H2,(H,16,18). The van der Waals surface area contributed by atoms with Crippen LogP contribution in [0.5, 0.6) is 0 Å². The van der Waals surface area contributed by atoms with Gasteiger partial charge in [-0.25, -0.2) is 8.78 Å². The van der Waals surface area contributed by atoms with Gasteiger partial charge in [0, 0.05) is 12.0 Å². The average molecular weight is 285 g/mol. The van der Waals surface area contributed by atoms with Gasteiger partial charge in [-0.05, 0) is 25.9 Å². The molecular weight excluding hydrogens is 272 g/mol. The molecule has 0 aromatic heterocycles. The number of amides is 1. The molecule has 108 valence electrons. The molecule has 1 fully saturated rings. The zero-order chi connectivity index (χ0) is 14.7. The van der Waals surface area contributed by atoms with Crippen LogP contribution in [0.3, 0.4) is 0 Å². The molecule has 8 heteroatoms. The Balaban J connectivity index is 2.23. The summed E-state index contributed by atoms with van der Waals surface area (Å²) in [6, 6.07) is 1.09. The molecule has 0 atom stereocenters. The van der Waals surface area contributed by atoms with Gasteiger partial charge in [-0.1, -0.05) is 0 Å². The van der Waals surface area contributed by atoms with Crippen molar-refractivity contribution in [1.29, 1.82) is 0 Å². The van der Waals surface area contributed by atoms with Crippen LogP contribution in [0.25, 0.3) is 0 Å². The van der Waals surface area contributed by atoms with Gasteiger partial charge in [0.05, 0.1) is 11.0 Å². The number of carbonyl (C=O) groups excluding carboxylic acids is 1. The van der Waals surface area contributed by atoms with Gasteiger partial charge in [0.1, 0.15) is 5.82 Å². The summed E-state index contributed by atoms with van der Waals surface area (Å²) >= 11 is 0. The fraction of sp³-hybridized carbons (Fsp3) is 0.417. The minimum Gasteiger partial charge on any atom is -0.318 e.